The van der Waals surface area contributed by atoms with E-state index < -0.39 is 5.60 Å². The molecule has 13 heavy (non-hydrogen) atoms. The lowest BCUT2D eigenvalue weighted by atomic mass is 9.62. The second-order valence-electron chi connectivity index (χ2n) is 5.93. The van der Waals surface area contributed by atoms with E-state index in [0.29, 0.717) is 0 Å². The van der Waals surface area contributed by atoms with Gasteiger partial charge >= 0.3 is 0 Å². The van der Waals surface area contributed by atoms with Crippen molar-refractivity contribution < 1.29 is 5.11 Å². The Labute approximate surface area is 81.5 Å². The van der Waals surface area contributed by atoms with Crippen LogP contribution in [-0.2, 0) is 0 Å². The van der Waals surface area contributed by atoms with Crippen LogP contribution in [-0.4, -0.2) is 16.2 Å². The van der Waals surface area contributed by atoms with E-state index in [1.165, 1.54) is 0 Å². The summed E-state index contributed by atoms with van der Waals surface area (Å²) in [6.45, 7) is 8.47. The van der Waals surface area contributed by atoms with Gasteiger partial charge in [0.1, 0.15) is 0 Å². The fourth-order valence-electron chi connectivity index (χ4n) is 3.17. The number of hydrogen-bond acceptors (Lipinski definition) is 2. The highest BCUT2D eigenvalue weighted by Crippen LogP contribution is 2.45. The molecule has 0 radical (unpaired) electrons. The third kappa shape index (κ3) is 2.68. The lowest BCUT2D eigenvalue weighted by molar-refractivity contribution is -0.0678. The molecule has 1 fully saturated rings. The van der Waals surface area contributed by atoms with Crippen molar-refractivity contribution in [1.29, 1.82) is 0 Å². The standard InChI is InChI=1S/C11H23NO/c1-5-11(13)7-9(2,3)6-10(4,12)8-11/h13H,5-8,12H2,1-4H3. The fraction of sp³-hybridized carbons (Fsp3) is 1.00. The first kappa shape index (κ1) is 11.0. The molecular weight excluding hydrogens is 162 g/mol. The average Bonchev–Trinajstić information content (AvgIpc) is 1.79. The van der Waals surface area contributed by atoms with Crippen LogP contribution in [0.5, 0.6) is 0 Å². The van der Waals surface area contributed by atoms with Crippen LogP contribution in [0.1, 0.15) is 53.4 Å². The number of hydrogen-bond donors (Lipinski definition) is 2. The topological polar surface area (TPSA) is 46.2 Å². The SMILES string of the molecule is CCC1(O)CC(C)(C)CC(C)(N)C1. The lowest BCUT2D eigenvalue weighted by Gasteiger charge is -2.49. The maximum Gasteiger partial charge on any atom is 0.0667 e. The Balaban J connectivity index is 2.84. The normalized spacial score (nSPS) is 44.8. The fourth-order valence-corrected chi connectivity index (χ4v) is 3.17. The zero-order chi connectivity index (χ0) is 10.3. The molecule has 0 bridgehead atoms. The molecule has 2 nitrogen and oxygen atoms in total. The van der Waals surface area contributed by atoms with Gasteiger partial charge in [0.25, 0.3) is 0 Å². The van der Waals surface area contributed by atoms with Gasteiger partial charge in [0, 0.05) is 5.54 Å². The van der Waals surface area contributed by atoms with Crippen LogP contribution in [0.3, 0.4) is 0 Å². The minimum absolute atomic E-state index is 0.173. The quantitative estimate of drug-likeness (QED) is 0.657. The maximum absolute atomic E-state index is 10.3. The maximum atomic E-state index is 10.3. The molecule has 1 rings (SSSR count). The molecule has 2 unspecified atom stereocenters. The minimum Gasteiger partial charge on any atom is -0.390 e. The van der Waals surface area contributed by atoms with Crippen LogP contribution in [0.2, 0.25) is 0 Å². The zero-order valence-corrected chi connectivity index (χ0v) is 9.35. The van der Waals surface area contributed by atoms with Crippen molar-refractivity contribution in [2.45, 2.75) is 64.5 Å². The summed E-state index contributed by atoms with van der Waals surface area (Å²) in [5.41, 5.74) is 5.58. The summed E-state index contributed by atoms with van der Waals surface area (Å²) in [6, 6.07) is 0. The molecule has 0 amide bonds. The Morgan fingerprint density at radius 3 is 2.08 bits per heavy atom. The van der Waals surface area contributed by atoms with Crippen molar-refractivity contribution in [3.63, 3.8) is 0 Å². The summed E-state index contributed by atoms with van der Waals surface area (Å²) in [7, 11) is 0. The van der Waals surface area contributed by atoms with Crippen LogP contribution in [0.4, 0.5) is 0 Å². The van der Waals surface area contributed by atoms with E-state index >= 15 is 0 Å². The molecule has 0 heterocycles. The summed E-state index contributed by atoms with van der Waals surface area (Å²) in [5.74, 6) is 0. The highest BCUT2D eigenvalue weighted by atomic mass is 16.3. The molecule has 78 valence electrons. The number of rotatable bonds is 1. The van der Waals surface area contributed by atoms with Crippen LogP contribution in [0, 0.1) is 5.41 Å². The highest BCUT2D eigenvalue weighted by Gasteiger charge is 2.45. The predicted octanol–water partition coefficient (Wildman–Crippen LogP) is 2.05. The van der Waals surface area contributed by atoms with Crippen molar-refractivity contribution in [1.82, 2.24) is 0 Å². The van der Waals surface area contributed by atoms with Gasteiger partial charge in [-0.05, 0) is 38.0 Å². The van der Waals surface area contributed by atoms with Gasteiger partial charge in [-0.15, -0.1) is 0 Å². The van der Waals surface area contributed by atoms with Crippen molar-refractivity contribution in [3.8, 4) is 0 Å². The molecule has 3 N–H and O–H groups in total. The molecule has 1 saturated carbocycles. The third-order valence-corrected chi connectivity index (χ3v) is 3.08. The van der Waals surface area contributed by atoms with Gasteiger partial charge in [-0.1, -0.05) is 20.8 Å². The summed E-state index contributed by atoms with van der Waals surface area (Å²) >= 11 is 0. The first-order valence-corrected chi connectivity index (χ1v) is 5.19. The van der Waals surface area contributed by atoms with Gasteiger partial charge in [0.15, 0.2) is 0 Å². The van der Waals surface area contributed by atoms with Gasteiger partial charge in [-0.25, -0.2) is 0 Å². The third-order valence-electron chi connectivity index (χ3n) is 3.08. The van der Waals surface area contributed by atoms with Crippen molar-refractivity contribution in [3.05, 3.63) is 0 Å². The van der Waals surface area contributed by atoms with E-state index in [1.807, 2.05) is 6.92 Å². The van der Waals surface area contributed by atoms with Crippen LogP contribution in [0.15, 0.2) is 0 Å². The Bertz CT molecular complexity index is 180. The molecule has 2 heteroatoms. The van der Waals surface area contributed by atoms with Gasteiger partial charge in [-0.3, -0.25) is 0 Å². The highest BCUT2D eigenvalue weighted by molar-refractivity contribution is 5.01. The van der Waals surface area contributed by atoms with Gasteiger partial charge < -0.3 is 10.8 Å². The smallest absolute Gasteiger partial charge is 0.0667 e. The molecule has 0 aromatic heterocycles. The average molecular weight is 185 g/mol. The molecule has 0 saturated heterocycles. The van der Waals surface area contributed by atoms with Gasteiger partial charge in [0.2, 0.25) is 0 Å². The van der Waals surface area contributed by atoms with Crippen LogP contribution >= 0.6 is 0 Å². The summed E-state index contributed by atoms with van der Waals surface area (Å²) in [4.78, 5) is 0. The van der Waals surface area contributed by atoms with Gasteiger partial charge in [0.05, 0.1) is 5.60 Å². The second kappa shape index (κ2) is 2.96. The molecular formula is C11H23NO. The largest absolute Gasteiger partial charge is 0.390 e. The first-order chi connectivity index (χ1) is 5.68. The molecule has 0 aromatic rings. The molecule has 0 aliphatic heterocycles. The van der Waals surface area contributed by atoms with Crippen molar-refractivity contribution in [2.24, 2.45) is 11.1 Å². The molecule has 1 aliphatic carbocycles. The number of nitrogens with two attached hydrogens (primary N) is 1. The second-order valence-corrected chi connectivity index (χ2v) is 5.93. The Kier molecular flexibility index (Phi) is 2.50. The molecule has 0 aromatic carbocycles. The van der Waals surface area contributed by atoms with Gasteiger partial charge in [-0.2, -0.15) is 0 Å². The van der Waals surface area contributed by atoms with Crippen LogP contribution < -0.4 is 5.73 Å². The van der Waals surface area contributed by atoms with Crippen molar-refractivity contribution in [2.75, 3.05) is 0 Å². The van der Waals surface area contributed by atoms with E-state index in [4.69, 9.17) is 5.73 Å². The zero-order valence-electron chi connectivity index (χ0n) is 9.35. The summed E-state index contributed by atoms with van der Waals surface area (Å²) in [6.07, 6.45) is 3.43. The van der Waals surface area contributed by atoms with E-state index in [0.717, 1.165) is 25.7 Å². The minimum atomic E-state index is -0.536. The molecule has 1 aliphatic rings. The Hall–Kier alpha value is -0.0800. The summed E-state index contributed by atoms with van der Waals surface area (Å²) < 4.78 is 0. The van der Waals surface area contributed by atoms with Crippen LogP contribution in [0.25, 0.3) is 0 Å². The van der Waals surface area contributed by atoms with E-state index in [9.17, 15) is 5.11 Å². The van der Waals surface area contributed by atoms with E-state index in [-0.39, 0.29) is 11.0 Å². The monoisotopic (exact) mass is 185 g/mol. The lowest BCUT2D eigenvalue weighted by Crippen LogP contribution is -2.54. The predicted molar refractivity (Wildman–Crippen MR) is 55.5 cm³/mol. The molecule has 0 spiro atoms. The Morgan fingerprint density at radius 1 is 1.15 bits per heavy atom. The van der Waals surface area contributed by atoms with Crippen molar-refractivity contribution >= 4 is 0 Å². The number of aliphatic hydroxyl groups is 1. The summed E-state index contributed by atoms with van der Waals surface area (Å²) in [5, 5.41) is 10.3. The van der Waals surface area contributed by atoms with E-state index in [1.54, 1.807) is 0 Å². The Morgan fingerprint density at radius 2 is 1.69 bits per heavy atom. The molecule has 2 atom stereocenters. The van der Waals surface area contributed by atoms with E-state index in [2.05, 4.69) is 20.8 Å². The first-order valence-electron chi connectivity index (χ1n) is 5.19.